The van der Waals surface area contributed by atoms with Gasteiger partial charge in [0, 0.05) is 5.56 Å². The van der Waals surface area contributed by atoms with Crippen LogP contribution >= 0.6 is 0 Å². The van der Waals surface area contributed by atoms with E-state index in [0.717, 1.165) is 24.0 Å². The van der Waals surface area contributed by atoms with Crippen LogP contribution in [0.4, 0.5) is 0 Å². The second-order valence-corrected chi connectivity index (χ2v) is 7.77. The first kappa shape index (κ1) is 20.0. The first-order valence-corrected chi connectivity index (χ1v) is 10.3. The fourth-order valence-electron chi connectivity index (χ4n) is 2.37. The maximum absolute atomic E-state index is 12.2. The van der Waals surface area contributed by atoms with E-state index in [4.69, 9.17) is 4.74 Å². The second-order valence-electron chi connectivity index (χ2n) is 6.11. The number of ether oxygens (including phenoxy) is 1. The van der Waals surface area contributed by atoms with Gasteiger partial charge in [0.2, 0.25) is 0 Å². The highest BCUT2D eigenvalue weighted by Crippen LogP contribution is 2.17. The molecular weight excluding hydrogens is 348 g/mol. The molecule has 1 N–H and O–H groups in total. The molecule has 2 aromatic rings. The predicted molar refractivity (Wildman–Crippen MR) is 105 cm³/mol. The lowest BCUT2D eigenvalue weighted by Gasteiger charge is -2.09. The molecule has 0 aliphatic carbocycles. The van der Waals surface area contributed by atoms with Crippen LogP contribution in [-0.2, 0) is 10.0 Å². The highest BCUT2D eigenvalue weighted by atomic mass is 32.2. The number of hydrogen-bond donors (Lipinski definition) is 1. The Bertz CT molecular complexity index is 815. The van der Waals surface area contributed by atoms with Gasteiger partial charge < -0.3 is 4.74 Å². The Morgan fingerprint density at radius 2 is 1.77 bits per heavy atom. The zero-order valence-electron chi connectivity index (χ0n) is 15.3. The average molecular weight is 375 g/mol. The number of rotatable bonds is 10. The Balaban J connectivity index is 1.98. The molecule has 0 fully saturated rings. The van der Waals surface area contributed by atoms with Gasteiger partial charge in [0.25, 0.3) is 10.0 Å². The summed E-state index contributed by atoms with van der Waals surface area (Å²) in [7, 11) is -3.68. The first-order valence-electron chi connectivity index (χ1n) is 8.86. The van der Waals surface area contributed by atoms with Gasteiger partial charge in [0.15, 0.2) is 0 Å². The van der Waals surface area contributed by atoms with Gasteiger partial charge in [0.05, 0.1) is 17.7 Å². The maximum Gasteiger partial charge on any atom is 0.276 e. The van der Waals surface area contributed by atoms with Crippen molar-refractivity contribution in [2.45, 2.75) is 44.4 Å². The van der Waals surface area contributed by atoms with Gasteiger partial charge in [-0.1, -0.05) is 56.0 Å². The van der Waals surface area contributed by atoms with Crippen molar-refractivity contribution in [1.29, 1.82) is 0 Å². The third-order valence-electron chi connectivity index (χ3n) is 3.88. The van der Waals surface area contributed by atoms with E-state index in [0.29, 0.717) is 12.4 Å². The van der Waals surface area contributed by atoms with E-state index < -0.39 is 10.0 Å². The van der Waals surface area contributed by atoms with E-state index in [1.165, 1.54) is 19.1 Å². The molecule has 0 spiro atoms. The molecule has 6 heteroatoms. The van der Waals surface area contributed by atoms with Crippen LogP contribution in [0.1, 0.15) is 43.7 Å². The van der Waals surface area contributed by atoms with Crippen molar-refractivity contribution in [3.05, 3.63) is 59.7 Å². The third kappa shape index (κ3) is 6.19. The highest BCUT2D eigenvalue weighted by molar-refractivity contribution is 7.89. The molecule has 0 amide bonds. The molecule has 0 atom stereocenters. The van der Waals surface area contributed by atoms with Gasteiger partial charge in [-0.15, -0.1) is 0 Å². The van der Waals surface area contributed by atoms with E-state index in [-0.39, 0.29) is 4.90 Å². The van der Waals surface area contributed by atoms with Gasteiger partial charge in [-0.2, -0.15) is 13.5 Å². The summed E-state index contributed by atoms with van der Waals surface area (Å²) in [5, 5.41) is 3.89. The van der Waals surface area contributed by atoms with E-state index in [2.05, 4.69) is 16.9 Å². The molecule has 0 aromatic heterocycles. The summed E-state index contributed by atoms with van der Waals surface area (Å²) in [6, 6.07) is 14.1. The Kier molecular flexibility index (Phi) is 7.66. The zero-order valence-corrected chi connectivity index (χ0v) is 16.1. The molecule has 0 radical (unpaired) electrons. The SMILES string of the molecule is CCCCCCOc1ccccc1/C=N/NS(=O)(=O)c1ccc(C)cc1. The lowest BCUT2D eigenvalue weighted by molar-refractivity contribution is 0.304. The molecule has 0 bridgehead atoms. The molecule has 0 aliphatic rings. The van der Waals surface area contributed by atoms with E-state index in [1.807, 2.05) is 31.2 Å². The van der Waals surface area contributed by atoms with Crippen molar-refractivity contribution in [3.8, 4) is 5.75 Å². The number of sulfonamides is 1. The summed E-state index contributed by atoms with van der Waals surface area (Å²) in [6.45, 7) is 4.71. The van der Waals surface area contributed by atoms with Gasteiger partial charge in [-0.25, -0.2) is 4.83 Å². The summed E-state index contributed by atoms with van der Waals surface area (Å²) < 4.78 is 30.3. The molecule has 140 valence electrons. The van der Waals surface area contributed by atoms with Crippen LogP contribution in [0.25, 0.3) is 0 Å². The smallest absolute Gasteiger partial charge is 0.276 e. The fraction of sp³-hybridized carbons (Fsp3) is 0.350. The highest BCUT2D eigenvalue weighted by Gasteiger charge is 2.11. The Hall–Kier alpha value is -2.34. The van der Waals surface area contributed by atoms with E-state index in [9.17, 15) is 8.42 Å². The maximum atomic E-state index is 12.2. The molecule has 0 unspecified atom stereocenters. The molecule has 26 heavy (non-hydrogen) atoms. The monoisotopic (exact) mass is 374 g/mol. The summed E-state index contributed by atoms with van der Waals surface area (Å²) in [6.07, 6.45) is 5.99. The molecular formula is C20H26N2O3S. The van der Waals surface area contributed by atoms with Crippen LogP contribution in [0.15, 0.2) is 58.5 Å². The van der Waals surface area contributed by atoms with Crippen molar-refractivity contribution in [3.63, 3.8) is 0 Å². The Labute approximate surface area is 156 Å². The minimum Gasteiger partial charge on any atom is -0.493 e. The summed E-state index contributed by atoms with van der Waals surface area (Å²) in [5.74, 6) is 0.697. The first-order chi connectivity index (χ1) is 12.5. The minimum absolute atomic E-state index is 0.181. The van der Waals surface area contributed by atoms with Gasteiger partial charge in [0.1, 0.15) is 5.75 Å². The number of unbranched alkanes of at least 4 members (excludes halogenated alkanes) is 3. The van der Waals surface area contributed by atoms with Gasteiger partial charge in [-0.3, -0.25) is 0 Å². The third-order valence-corrected chi connectivity index (χ3v) is 5.12. The molecule has 2 rings (SSSR count). The molecule has 5 nitrogen and oxygen atoms in total. The van der Waals surface area contributed by atoms with Crippen molar-refractivity contribution >= 4 is 16.2 Å². The van der Waals surface area contributed by atoms with E-state index in [1.54, 1.807) is 24.3 Å². The number of nitrogens with zero attached hydrogens (tertiary/aromatic N) is 1. The summed E-state index contributed by atoms with van der Waals surface area (Å²) in [4.78, 5) is 2.42. The van der Waals surface area contributed by atoms with Crippen LogP contribution in [0, 0.1) is 6.92 Å². The van der Waals surface area contributed by atoms with Gasteiger partial charge in [-0.05, 0) is 37.6 Å². The molecule has 0 aliphatic heterocycles. The number of hydrogen-bond acceptors (Lipinski definition) is 4. The van der Waals surface area contributed by atoms with Crippen molar-refractivity contribution < 1.29 is 13.2 Å². The molecule has 0 heterocycles. The largest absolute Gasteiger partial charge is 0.493 e. The number of hydrazone groups is 1. The number of aryl methyl sites for hydroxylation is 1. The van der Waals surface area contributed by atoms with Crippen LogP contribution in [-0.4, -0.2) is 21.2 Å². The van der Waals surface area contributed by atoms with Crippen LogP contribution in [0.2, 0.25) is 0 Å². The van der Waals surface area contributed by atoms with Crippen LogP contribution in [0.3, 0.4) is 0 Å². The Morgan fingerprint density at radius 3 is 2.50 bits per heavy atom. The van der Waals surface area contributed by atoms with Crippen molar-refractivity contribution in [2.75, 3.05) is 6.61 Å². The average Bonchev–Trinajstić information content (AvgIpc) is 2.63. The quantitative estimate of drug-likeness (QED) is 0.384. The lowest BCUT2D eigenvalue weighted by Crippen LogP contribution is -2.18. The summed E-state index contributed by atoms with van der Waals surface area (Å²) >= 11 is 0. The number of para-hydroxylation sites is 1. The fourth-order valence-corrected chi connectivity index (χ4v) is 3.16. The number of benzene rings is 2. The molecule has 0 saturated carbocycles. The number of nitrogens with one attached hydrogen (secondary N) is 1. The van der Waals surface area contributed by atoms with Crippen molar-refractivity contribution in [1.82, 2.24) is 4.83 Å². The standard InChI is InChI=1S/C20H26N2O3S/c1-3-4-5-8-15-25-20-10-7-6-9-18(20)16-21-22-26(23,24)19-13-11-17(2)12-14-19/h6-7,9-14,16,22H,3-5,8,15H2,1-2H3/b21-16+. The lowest BCUT2D eigenvalue weighted by atomic mass is 10.2. The molecule has 0 saturated heterocycles. The van der Waals surface area contributed by atoms with Gasteiger partial charge >= 0.3 is 0 Å². The van der Waals surface area contributed by atoms with Crippen LogP contribution in [0.5, 0.6) is 5.75 Å². The summed E-state index contributed by atoms with van der Waals surface area (Å²) in [5.41, 5.74) is 1.73. The predicted octanol–water partition coefficient (Wildman–Crippen LogP) is 4.27. The Morgan fingerprint density at radius 1 is 1.04 bits per heavy atom. The molecule has 2 aromatic carbocycles. The van der Waals surface area contributed by atoms with Crippen molar-refractivity contribution in [2.24, 2.45) is 5.10 Å². The zero-order chi connectivity index (χ0) is 18.8. The normalized spacial score (nSPS) is 11.6. The van der Waals surface area contributed by atoms with Crippen LogP contribution < -0.4 is 9.57 Å². The second kappa shape index (κ2) is 9.97. The van der Waals surface area contributed by atoms with E-state index >= 15 is 0 Å². The minimum atomic E-state index is -3.68. The topological polar surface area (TPSA) is 67.8 Å².